The lowest BCUT2D eigenvalue weighted by molar-refractivity contribution is -0.124. The van der Waals surface area contributed by atoms with Crippen LogP contribution in [0.5, 0.6) is 0 Å². The van der Waals surface area contributed by atoms with Crippen LogP contribution in [0.3, 0.4) is 0 Å². The molecule has 1 amide bonds. The predicted octanol–water partition coefficient (Wildman–Crippen LogP) is 1.26. The van der Waals surface area contributed by atoms with Gasteiger partial charge in [-0.05, 0) is 50.6 Å². The van der Waals surface area contributed by atoms with Gasteiger partial charge in [-0.25, -0.2) is 4.39 Å². The number of carbonyl (C=O) groups is 1. The van der Waals surface area contributed by atoms with Crippen LogP contribution in [-0.4, -0.2) is 44.2 Å². The molecule has 3 N–H and O–H groups in total. The van der Waals surface area contributed by atoms with Crippen LogP contribution in [0.1, 0.15) is 24.0 Å². The van der Waals surface area contributed by atoms with Gasteiger partial charge in [0.15, 0.2) is 0 Å². The highest BCUT2D eigenvalue weighted by Crippen LogP contribution is 2.18. The van der Waals surface area contributed by atoms with Crippen molar-refractivity contribution in [2.24, 2.45) is 11.7 Å². The molecular formula is C17H26FN3O2. The van der Waals surface area contributed by atoms with E-state index in [1.54, 1.807) is 12.1 Å². The average molecular weight is 323 g/mol. The fourth-order valence-corrected chi connectivity index (χ4v) is 2.80. The number of ether oxygens (including phenoxy) is 1. The summed E-state index contributed by atoms with van der Waals surface area (Å²) in [6, 6.07) is 4.41. The zero-order chi connectivity index (χ0) is 16.8. The maximum atomic E-state index is 13.8. The summed E-state index contributed by atoms with van der Waals surface area (Å²) in [7, 11) is 3.78. The third-order valence-corrected chi connectivity index (χ3v) is 4.14. The second kappa shape index (κ2) is 8.38. The van der Waals surface area contributed by atoms with Crippen LogP contribution in [0.4, 0.5) is 4.39 Å². The monoisotopic (exact) mass is 323 g/mol. The topological polar surface area (TPSA) is 67.6 Å². The molecule has 0 aromatic heterocycles. The molecule has 0 spiro atoms. The zero-order valence-electron chi connectivity index (χ0n) is 13.8. The van der Waals surface area contributed by atoms with Crippen LogP contribution in [0.2, 0.25) is 0 Å². The van der Waals surface area contributed by atoms with Crippen molar-refractivity contribution >= 4 is 5.91 Å². The molecule has 1 fully saturated rings. The molecule has 1 saturated heterocycles. The number of amides is 1. The predicted molar refractivity (Wildman–Crippen MR) is 87.2 cm³/mol. The lowest BCUT2D eigenvalue weighted by Crippen LogP contribution is -2.46. The van der Waals surface area contributed by atoms with Gasteiger partial charge >= 0.3 is 0 Å². The van der Waals surface area contributed by atoms with E-state index in [0.717, 1.165) is 18.4 Å². The Hall–Kier alpha value is -1.50. The van der Waals surface area contributed by atoms with Crippen molar-refractivity contribution in [2.75, 3.05) is 27.3 Å². The first-order valence-corrected chi connectivity index (χ1v) is 8.00. The van der Waals surface area contributed by atoms with Gasteiger partial charge in [0, 0.05) is 31.9 Å². The third kappa shape index (κ3) is 5.27. The number of nitrogens with zero attached hydrogens (tertiary/aromatic N) is 1. The van der Waals surface area contributed by atoms with E-state index in [0.29, 0.717) is 31.9 Å². The molecule has 23 heavy (non-hydrogen) atoms. The van der Waals surface area contributed by atoms with Crippen molar-refractivity contribution in [1.29, 1.82) is 0 Å². The maximum Gasteiger partial charge on any atom is 0.237 e. The van der Waals surface area contributed by atoms with Gasteiger partial charge in [-0.1, -0.05) is 6.07 Å². The van der Waals surface area contributed by atoms with E-state index < -0.39 is 6.04 Å². The van der Waals surface area contributed by atoms with Crippen LogP contribution in [0.15, 0.2) is 18.2 Å². The Kier molecular flexibility index (Phi) is 6.50. The quantitative estimate of drug-likeness (QED) is 0.827. The standard InChI is InChI=1S/C17H26FN3O2/c1-21(2)11-14-9-12(3-4-15(14)18)10-20-17(22)16(19)13-5-7-23-8-6-13/h3-4,9,13,16H,5-8,10-11,19H2,1-2H3,(H,20,22). The van der Waals surface area contributed by atoms with Gasteiger partial charge in [-0.2, -0.15) is 0 Å². The van der Waals surface area contributed by atoms with Crippen molar-refractivity contribution in [3.63, 3.8) is 0 Å². The second-order valence-corrected chi connectivity index (χ2v) is 6.36. The Labute approximate surface area is 137 Å². The minimum Gasteiger partial charge on any atom is -0.381 e. The van der Waals surface area contributed by atoms with Crippen molar-refractivity contribution in [1.82, 2.24) is 10.2 Å². The zero-order valence-corrected chi connectivity index (χ0v) is 13.8. The molecule has 1 aromatic carbocycles. The number of hydrogen-bond acceptors (Lipinski definition) is 4. The number of hydrogen-bond donors (Lipinski definition) is 2. The molecule has 0 saturated carbocycles. The van der Waals surface area contributed by atoms with Gasteiger partial charge < -0.3 is 20.7 Å². The molecule has 0 radical (unpaired) electrons. The van der Waals surface area contributed by atoms with Crippen molar-refractivity contribution in [3.8, 4) is 0 Å². The molecular weight excluding hydrogens is 297 g/mol. The Morgan fingerprint density at radius 3 is 2.78 bits per heavy atom. The molecule has 1 aliphatic heterocycles. The Balaban J connectivity index is 1.90. The highest BCUT2D eigenvalue weighted by molar-refractivity contribution is 5.81. The van der Waals surface area contributed by atoms with Crippen LogP contribution < -0.4 is 11.1 Å². The van der Waals surface area contributed by atoms with Crippen LogP contribution >= 0.6 is 0 Å². The minimum absolute atomic E-state index is 0.157. The van der Waals surface area contributed by atoms with E-state index in [1.807, 2.05) is 19.0 Å². The first-order valence-electron chi connectivity index (χ1n) is 8.00. The molecule has 0 bridgehead atoms. The van der Waals surface area contributed by atoms with Crippen LogP contribution in [0.25, 0.3) is 0 Å². The van der Waals surface area contributed by atoms with E-state index in [4.69, 9.17) is 10.5 Å². The molecule has 1 aromatic rings. The molecule has 1 unspecified atom stereocenters. The van der Waals surface area contributed by atoms with Crippen LogP contribution in [-0.2, 0) is 22.6 Å². The van der Waals surface area contributed by atoms with Gasteiger partial charge in [-0.15, -0.1) is 0 Å². The molecule has 128 valence electrons. The molecule has 2 rings (SSSR count). The van der Waals surface area contributed by atoms with Crippen molar-refractivity contribution in [2.45, 2.75) is 32.0 Å². The average Bonchev–Trinajstić information content (AvgIpc) is 2.55. The lowest BCUT2D eigenvalue weighted by atomic mass is 9.92. The lowest BCUT2D eigenvalue weighted by Gasteiger charge is -2.26. The van der Waals surface area contributed by atoms with Gasteiger partial charge in [0.2, 0.25) is 5.91 Å². The number of nitrogens with two attached hydrogens (primary N) is 1. The second-order valence-electron chi connectivity index (χ2n) is 6.36. The number of halogens is 1. The maximum absolute atomic E-state index is 13.8. The highest BCUT2D eigenvalue weighted by atomic mass is 19.1. The van der Waals surface area contributed by atoms with Gasteiger partial charge in [0.05, 0.1) is 6.04 Å². The van der Waals surface area contributed by atoms with Crippen LogP contribution in [0, 0.1) is 11.7 Å². The summed E-state index contributed by atoms with van der Waals surface area (Å²) in [5, 5.41) is 2.86. The first kappa shape index (κ1) is 17.8. The largest absolute Gasteiger partial charge is 0.381 e. The summed E-state index contributed by atoms with van der Waals surface area (Å²) in [5.41, 5.74) is 7.53. The Bertz CT molecular complexity index is 531. The van der Waals surface area contributed by atoms with Gasteiger partial charge in [0.25, 0.3) is 0 Å². The smallest absolute Gasteiger partial charge is 0.237 e. The number of benzene rings is 1. The SMILES string of the molecule is CN(C)Cc1cc(CNC(=O)C(N)C2CCOCC2)ccc1F. The molecule has 0 aliphatic carbocycles. The number of nitrogens with one attached hydrogen (secondary N) is 1. The van der Waals surface area contributed by atoms with Gasteiger partial charge in [-0.3, -0.25) is 4.79 Å². The van der Waals surface area contributed by atoms with E-state index >= 15 is 0 Å². The summed E-state index contributed by atoms with van der Waals surface area (Å²) in [5.74, 6) is -0.218. The Morgan fingerprint density at radius 1 is 1.43 bits per heavy atom. The molecule has 1 aliphatic rings. The third-order valence-electron chi connectivity index (χ3n) is 4.14. The fraction of sp³-hybridized carbons (Fsp3) is 0.588. The van der Waals surface area contributed by atoms with Crippen molar-refractivity contribution in [3.05, 3.63) is 35.1 Å². The number of carbonyl (C=O) groups excluding carboxylic acids is 1. The van der Waals surface area contributed by atoms with E-state index in [2.05, 4.69) is 5.32 Å². The highest BCUT2D eigenvalue weighted by Gasteiger charge is 2.26. The van der Waals surface area contributed by atoms with Gasteiger partial charge in [0.1, 0.15) is 5.82 Å². The molecule has 6 heteroatoms. The molecule has 1 atom stereocenters. The van der Waals surface area contributed by atoms with E-state index in [-0.39, 0.29) is 17.6 Å². The summed E-state index contributed by atoms with van der Waals surface area (Å²) in [6.07, 6.45) is 1.64. The fourth-order valence-electron chi connectivity index (χ4n) is 2.80. The van der Waals surface area contributed by atoms with Crippen molar-refractivity contribution < 1.29 is 13.9 Å². The van der Waals surface area contributed by atoms with E-state index in [1.165, 1.54) is 6.07 Å². The van der Waals surface area contributed by atoms with E-state index in [9.17, 15) is 9.18 Å². The summed E-state index contributed by atoms with van der Waals surface area (Å²) in [4.78, 5) is 14.1. The molecule has 5 nitrogen and oxygen atoms in total. The summed E-state index contributed by atoms with van der Waals surface area (Å²) >= 11 is 0. The number of rotatable bonds is 6. The Morgan fingerprint density at radius 2 is 2.13 bits per heavy atom. The summed E-state index contributed by atoms with van der Waals surface area (Å²) < 4.78 is 19.0. The summed E-state index contributed by atoms with van der Waals surface area (Å²) in [6.45, 7) is 2.21. The normalized spacial score (nSPS) is 17.3. The molecule has 1 heterocycles. The minimum atomic E-state index is -0.513. The first-order chi connectivity index (χ1) is 11.0.